The molecular formula is C12H12S. The first-order valence-corrected chi connectivity index (χ1v) is 5.21. The Kier molecular flexibility index (Phi) is 2.19. The summed E-state index contributed by atoms with van der Waals surface area (Å²) in [5.74, 6) is 0. The fraction of sp³-hybridized carbons (Fsp3) is 0.167. The number of thiophene rings is 1. The molecule has 2 rings (SSSR count). The molecular weight excluding hydrogens is 176 g/mol. The number of hydrogen-bond acceptors (Lipinski definition) is 1. The second-order valence-corrected chi connectivity index (χ2v) is 4.42. The predicted molar refractivity (Wildman–Crippen MR) is 60.5 cm³/mol. The molecule has 0 bridgehead atoms. The minimum atomic E-state index is 0.985. The van der Waals surface area contributed by atoms with Gasteiger partial charge in [0.05, 0.1) is 0 Å². The number of aryl methyl sites for hydroxylation is 1. The van der Waals surface area contributed by atoms with Crippen LogP contribution in [0.2, 0.25) is 0 Å². The number of rotatable bonds is 2. The molecule has 66 valence electrons. The summed E-state index contributed by atoms with van der Waals surface area (Å²) < 4.78 is 1.38. The topological polar surface area (TPSA) is 0 Å². The molecule has 0 unspecified atom stereocenters. The van der Waals surface area contributed by atoms with E-state index < -0.39 is 0 Å². The highest BCUT2D eigenvalue weighted by molar-refractivity contribution is 7.19. The third-order valence-corrected chi connectivity index (χ3v) is 3.21. The van der Waals surface area contributed by atoms with Crippen LogP contribution in [0.5, 0.6) is 0 Å². The van der Waals surface area contributed by atoms with Crippen molar-refractivity contribution in [2.45, 2.75) is 13.3 Å². The van der Waals surface area contributed by atoms with E-state index in [1.54, 1.807) is 0 Å². The van der Waals surface area contributed by atoms with Crippen LogP contribution in [0.3, 0.4) is 0 Å². The molecule has 0 spiro atoms. The summed E-state index contributed by atoms with van der Waals surface area (Å²) in [5.41, 5.74) is 1.33. The largest absolute Gasteiger partial charge is 0.140 e. The van der Waals surface area contributed by atoms with Crippen molar-refractivity contribution in [3.05, 3.63) is 47.4 Å². The van der Waals surface area contributed by atoms with Gasteiger partial charge in [-0.2, -0.15) is 0 Å². The lowest BCUT2D eigenvalue weighted by atomic mass is 10.2. The van der Waals surface area contributed by atoms with Gasteiger partial charge < -0.3 is 0 Å². The van der Waals surface area contributed by atoms with Gasteiger partial charge in [0.25, 0.3) is 0 Å². The minimum Gasteiger partial charge on any atom is -0.140 e. The lowest BCUT2D eigenvalue weighted by Gasteiger charge is -1.89. The van der Waals surface area contributed by atoms with E-state index in [9.17, 15) is 0 Å². The molecule has 1 heterocycles. The van der Waals surface area contributed by atoms with Gasteiger partial charge in [0.15, 0.2) is 0 Å². The zero-order chi connectivity index (χ0) is 9.26. The van der Waals surface area contributed by atoms with Crippen LogP contribution >= 0.6 is 11.3 Å². The Morgan fingerprint density at radius 3 is 3.00 bits per heavy atom. The van der Waals surface area contributed by atoms with Crippen LogP contribution in [0.1, 0.15) is 10.4 Å². The van der Waals surface area contributed by atoms with E-state index in [1.165, 1.54) is 20.5 Å². The van der Waals surface area contributed by atoms with Gasteiger partial charge in [-0.15, -0.1) is 17.9 Å². The highest BCUT2D eigenvalue weighted by Crippen LogP contribution is 2.26. The molecule has 0 N–H and O–H groups in total. The standard InChI is InChI=1S/C12H12S/c1-3-4-11-8-10-7-9(2)5-6-12(10)13-11/h3,5-8H,1,4H2,2H3. The van der Waals surface area contributed by atoms with Crippen LogP contribution in [-0.2, 0) is 6.42 Å². The predicted octanol–water partition coefficient (Wildman–Crippen LogP) is 3.94. The van der Waals surface area contributed by atoms with E-state index in [0.29, 0.717) is 0 Å². The maximum Gasteiger partial charge on any atom is 0.0345 e. The second kappa shape index (κ2) is 3.35. The van der Waals surface area contributed by atoms with Crippen molar-refractivity contribution in [3.63, 3.8) is 0 Å². The summed E-state index contributed by atoms with van der Waals surface area (Å²) in [7, 11) is 0. The second-order valence-electron chi connectivity index (χ2n) is 3.25. The number of fused-ring (bicyclic) bond motifs is 1. The highest BCUT2D eigenvalue weighted by Gasteiger charge is 1.99. The average molecular weight is 188 g/mol. The zero-order valence-corrected chi connectivity index (χ0v) is 8.53. The van der Waals surface area contributed by atoms with Gasteiger partial charge in [0.1, 0.15) is 0 Å². The summed E-state index contributed by atoms with van der Waals surface area (Å²) in [4.78, 5) is 1.40. The van der Waals surface area contributed by atoms with Crippen molar-refractivity contribution in [1.82, 2.24) is 0 Å². The van der Waals surface area contributed by atoms with E-state index in [0.717, 1.165) is 6.42 Å². The summed E-state index contributed by atoms with van der Waals surface area (Å²) in [6.45, 7) is 5.88. The fourth-order valence-corrected chi connectivity index (χ4v) is 2.50. The molecule has 0 aliphatic rings. The van der Waals surface area contributed by atoms with Crippen molar-refractivity contribution in [2.24, 2.45) is 0 Å². The van der Waals surface area contributed by atoms with Gasteiger partial charge in [-0.1, -0.05) is 23.8 Å². The fourth-order valence-electron chi connectivity index (χ4n) is 1.46. The molecule has 13 heavy (non-hydrogen) atoms. The normalized spacial score (nSPS) is 10.5. The average Bonchev–Trinajstić information content (AvgIpc) is 2.46. The molecule has 1 aromatic carbocycles. The molecule has 0 amide bonds. The van der Waals surface area contributed by atoms with Gasteiger partial charge >= 0.3 is 0 Å². The van der Waals surface area contributed by atoms with Crippen molar-refractivity contribution >= 4 is 21.4 Å². The molecule has 1 aromatic heterocycles. The van der Waals surface area contributed by atoms with Gasteiger partial charge in [-0.05, 0) is 30.9 Å². The Bertz CT molecular complexity index is 437. The first kappa shape index (κ1) is 8.52. The van der Waals surface area contributed by atoms with Crippen LogP contribution in [0.4, 0.5) is 0 Å². The Labute approximate surface area is 82.5 Å². The number of hydrogen-bond donors (Lipinski definition) is 0. The SMILES string of the molecule is C=CCc1cc2cc(C)ccc2s1. The molecule has 0 nitrogen and oxygen atoms in total. The van der Waals surface area contributed by atoms with Crippen LogP contribution in [0, 0.1) is 6.92 Å². The Morgan fingerprint density at radius 1 is 1.38 bits per heavy atom. The summed E-state index contributed by atoms with van der Waals surface area (Å²) in [5, 5.41) is 1.36. The van der Waals surface area contributed by atoms with Crippen molar-refractivity contribution in [3.8, 4) is 0 Å². The molecule has 0 radical (unpaired) electrons. The van der Waals surface area contributed by atoms with E-state index >= 15 is 0 Å². The number of benzene rings is 1. The molecule has 2 aromatic rings. The molecule has 0 saturated heterocycles. The van der Waals surface area contributed by atoms with Crippen LogP contribution in [-0.4, -0.2) is 0 Å². The molecule has 0 fully saturated rings. The third-order valence-electron chi connectivity index (χ3n) is 2.07. The van der Waals surface area contributed by atoms with Gasteiger partial charge in [0, 0.05) is 9.58 Å². The van der Waals surface area contributed by atoms with Crippen molar-refractivity contribution < 1.29 is 0 Å². The molecule has 0 aliphatic heterocycles. The van der Waals surface area contributed by atoms with Gasteiger partial charge in [-0.3, -0.25) is 0 Å². The van der Waals surface area contributed by atoms with Crippen LogP contribution < -0.4 is 0 Å². The lowest BCUT2D eigenvalue weighted by molar-refractivity contribution is 1.36. The first-order valence-electron chi connectivity index (χ1n) is 4.39. The zero-order valence-electron chi connectivity index (χ0n) is 7.71. The summed E-state index contributed by atoms with van der Waals surface area (Å²) >= 11 is 1.86. The lowest BCUT2D eigenvalue weighted by Crippen LogP contribution is -1.69. The third kappa shape index (κ3) is 1.65. The van der Waals surface area contributed by atoms with E-state index in [1.807, 2.05) is 17.4 Å². The Balaban J connectivity index is 2.55. The summed E-state index contributed by atoms with van der Waals surface area (Å²) in [6.07, 6.45) is 2.94. The Morgan fingerprint density at radius 2 is 2.23 bits per heavy atom. The molecule has 0 saturated carbocycles. The molecule has 1 heteroatoms. The Hall–Kier alpha value is -1.08. The van der Waals surface area contributed by atoms with E-state index in [2.05, 4.69) is 37.8 Å². The van der Waals surface area contributed by atoms with Gasteiger partial charge in [-0.25, -0.2) is 0 Å². The smallest absolute Gasteiger partial charge is 0.0345 e. The molecule has 0 aliphatic carbocycles. The summed E-state index contributed by atoms with van der Waals surface area (Å²) in [6, 6.07) is 8.85. The van der Waals surface area contributed by atoms with Crippen LogP contribution in [0.15, 0.2) is 36.9 Å². The first-order chi connectivity index (χ1) is 6.29. The molecule has 0 atom stereocenters. The van der Waals surface area contributed by atoms with Gasteiger partial charge in [0.2, 0.25) is 0 Å². The van der Waals surface area contributed by atoms with Crippen molar-refractivity contribution in [1.29, 1.82) is 0 Å². The minimum absolute atomic E-state index is 0.985. The van der Waals surface area contributed by atoms with E-state index in [4.69, 9.17) is 0 Å². The quantitative estimate of drug-likeness (QED) is 0.626. The maximum absolute atomic E-state index is 3.75. The monoisotopic (exact) mass is 188 g/mol. The van der Waals surface area contributed by atoms with Crippen LogP contribution in [0.25, 0.3) is 10.1 Å². The van der Waals surface area contributed by atoms with E-state index in [-0.39, 0.29) is 0 Å². The van der Waals surface area contributed by atoms with Crippen molar-refractivity contribution in [2.75, 3.05) is 0 Å². The number of allylic oxidation sites excluding steroid dienone is 1. The maximum atomic E-state index is 3.75. The highest BCUT2D eigenvalue weighted by atomic mass is 32.1.